The minimum Gasteiger partial charge on any atom is -0.332 e. The molecule has 0 saturated carbocycles. The van der Waals surface area contributed by atoms with Crippen molar-refractivity contribution in [3.05, 3.63) is 100 Å². The van der Waals surface area contributed by atoms with E-state index in [9.17, 15) is 4.79 Å². The topological polar surface area (TPSA) is 42.0 Å². The number of nitrogens with one attached hydrogen (secondary N) is 1. The lowest BCUT2D eigenvalue weighted by atomic mass is 10.1. The third-order valence-electron chi connectivity index (χ3n) is 4.01. The molecule has 27 heavy (non-hydrogen) atoms. The van der Waals surface area contributed by atoms with E-state index in [2.05, 4.69) is 5.32 Å². The Morgan fingerprint density at radius 1 is 0.852 bits per heavy atom. The largest absolute Gasteiger partial charge is 0.332 e. The average Bonchev–Trinajstić information content (AvgIpc) is 3.14. The summed E-state index contributed by atoms with van der Waals surface area (Å²) in [6.07, 6.45) is 0. The molecule has 1 N–H and O–H groups in total. The Morgan fingerprint density at radius 2 is 1.48 bits per heavy atom. The van der Waals surface area contributed by atoms with Gasteiger partial charge in [0.25, 0.3) is 0 Å². The number of anilines is 2. The standard InChI is InChI=1S/C22H15ClN2OS/c23-17-11-13-18(14-12-17)24-22-25-19(15-7-3-1-4-8-15)21(27-22)20(26)16-9-5-2-6-10-16/h1-14H,(H,24,25). The minimum atomic E-state index is -0.0314. The van der Waals surface area contributed by atoms with Gasteiger partial charge < -0.3 is 5.32 Å². The number of ketones is 1. The van der Waals surface area contributed by atoms with Crippen molar-refractivity contribution in [2.24, 2.45) is 0 Å². The molecule has 0 unspecified atom stereocenters. The maximum absolute atomic E-state index is 13.1. The lowest BCUT2D eigenvalue weighted by Gasteiger charge is -2.02. The summed E-state index contributed by atoms with van der Waals surface area (Å²) < 4.78 is 0. The summed E-state index contributed by atoms with van der Waals surface area (Å²) in [6, 6.07) is 26.4. The highest BCUT2D eigenvalue weighted by atomic mass is 35.5. The average molecular weight is 391 g/mol. The molecular formula is C22H15ClN2OS. The van der Waals surface area contributed by atoms with Crippen molar-refractivity contribution >= 4 is 39.5 Å². The Hall–Kier alpha value is -2.95. The van der Waals surface area contributed by atoms with Crippen molar-refractivity contribution in [2.75, 3.05) is 5.32 Å². The van der Waals surface area contributed by atoms with E-state index >= 15 is 0 Å². The van der Waals surface area contributed by atoms with Crippen molar-refractivity contribution in [1.82, 2.24) is 4.98 Å². The van der Waals surface area contributed by atoms with Crippen LogP contribution >= 0.6 is 22.9 Å². The van der Waals surface area contributed by atoms with E-state index in [1.165, 1.54) is 11.3 Å². The molecule has 0 aliphatic rings. The van der Waals surface area contributed by atoms with Gasteiger partial charge in [0.1, 0.15) is 4.88 Å². The molecule has 0 spiro atoms. The molecule has 1 aromatic heterocycles. The summed E-state index contributed by atoms with van der Waals surface area (Å²) in [4.78, 5) is 18.4. The van der Waals surface area contributed by atoms with E-state index in [1.807, 2.05) is 84.9 Å². The van der Waals surface area contributed by atoms with E-state index in [4.69, 9.17) is 16.6 Å². The van der Waals surface area contributed by atoms with Crippen LogP contribution in [0.5, 0.6) is 0 Å². The zero-order valence-electron chi connectivity index (χ0n) is 14.2. The van der Waals surface area contributed by atoms with Crippen LogP contribution in [0.1, 0.15) is 15.2 Å². The number of rotatable bonds is 5. The van der Waals surface area contributed by atoms with Gasteiger partial charge in [-0.05, 0) is 24.3 Å². The number of carbonyl (C=O) groups excluding carboxylic acids is 1. The molecule has 0 aliphatic carbocycles. The van der Waals surface area contributed by atoms with Gasteiger partial charge >= 0.3 is 0 Å². The highest BCUT2D eigenvalue weighted by Crippen LogP contribution is 2.34. The van der Waals surface area contributed by atoms with E-state index in [0.29, 0.717) is 26.3 Å². The zero-order valence-corrected chi connectivity index (χ0v) is 15.8. The van der Waals surface area contributed by atoms with Crippen LogP contribution in [0.2, 0.25) is 5.02 Å². The SMILES string of the molecule is O=C(c1ccccc1)c1sc(Nc2ccc(Cl)cc2)nc1-c1ccccc1. The number of carbonyl (C=O) groups is 1. The predicted molar refractivity (Wildman–Crippen MR) is 112 cm³/mol. The molecule has 0 atom stereocenters. The molecule has 3 aromatic carbocycles. The zero-order chi connectivity index (χ0) is 18.6. The fourth-order valence-corrected chi connectivity index (χ4v) is 3.79. The second-order valence-corrected chi connectivity index (χ2v) is 7.33. The highest BCUT2D eigenvalue weighted by Gasteiger charge is 2.20. The van der Waals surface area contributed by atoms with E-state index in [1.54, 1.807) is 0 Å². The van der Waals surface area contributed by atoms with E-state index < -0.39 is 0 Å². The summed E-state index contributed by atoms with van der Waals surface area (Å²) in [7, 11) is 0. The van der Waals surface area contributed by atoms with Crippen LogP contribution < -0.4 is 5.32 Å². The number of aromatic nitrogens is 1. The van der Waals surface area contributed by atoms with E-state index in [0.717, 1.165) is 11.3 Å². The lowest BCUT2D eigenvalue weighted by Crippen LogP contribution is -2.00. The number of halogens is 1. The molecule has 0 aliphatic heterocycles. The van der Waals surface area contributed by atoms with Crippen LogP contribution in [0.15, 0.2) is 84.9 Å². The first kappa shape index (κ1) is 17.5. The van der Waals surface area contributed by atoms with Crippen molar-refractivity contribution in [3.8, 4) is 11.3 Å². The molecular weight excluding hydrogens is 376 g/mol. The van der Waals surface area contributed by atoms with Gasteiger partial charge in [0.05, 0.1) is 5.69 Å². The number of benzene rings is 3. The van der Waals surface area contributed by atoms with E-state index in [-0.39, 0.29) is 5.78 Å². The summed E-state index contributed by atoms with van der Waals surface area (Å²) in [5.41, 5.74) is 3.12. The van der Waals surface area contributed by atoms with Crippen LogP contribution in [-0.2, 0) is 0 Å². The third-order valence-corrected chi connectivity index (χ3v) is 5.23. The predicted octanol–water partition coefficient (Wildman–Crippen LogP) is 6.44. The summed E-state index contributed by atoms with van der Waals surface area (Å²) >= 11 is 7.30. The molecule has 0 radical (unpaired) electrons. The highest BCUT2D eigenvalue weighted by molar-refractivity contribution is 7.18. The van der Waals surface area contributed by atoms with Crippen LogP contribution in [0.3, 0.4) is 0 Å². The minimum absolute atomic E-state index is 0.0314. The summed E-state index contributed by atoms with van der Waals surface area (Å²) in [6.45, 7) is 0. The van der Waals surface area contributed by atoms with Gasteiger partial charge in [0.2, 0.25) is 5.78 Å². The third kappa shape index (κ3) is 3.92. The van der Waals surface area contributed by atoms with Crippen LogP contribution in [0.25, 0.3) is 11.3 Å². The molecule has 4 aromatic rings. The molecule has 3 nitrogen and oxygen atoms in total. The maximum atomic E-state index is 13.1. The lowest BCUT2D eigenvalue weighted by molar-refractivity contribution is 0.104. The van der Waals surface area contributed by atoms with Gasteiger partial charge in [-0.25, -0.2) is 4.98 Å². The molecule has 0 bridgehead atoms. The monoisotopic (exact) mass is 390 g/mol. The fourth-order valence-electron chi connectivity index (χ4n) is 2.70. The molecule has 4 rings (SSSR count). The summed E-state index contributed by atoms with van der Waals surface area (Å²) in [5.74, 6) is -0.0314. The fraction of sp³-hybridized carbons (Fsp3) is 0. The Balaban J connectivity index is 1.75. The molecule has 132 valence electrons. The Morgan fingerprint density at radius 3 is 2.15 bits per heavy atom. The second-order valence-electron chi connectivity index (χ2n) is 5.89. The van der Waals surface area contributed by atoms with Crippen molar-refractivity contribution in [3.63, 3.8) is 0 Å². The number of nitrogens with zero attached hydrogens (tertiary/aromatic N) is 1. The Labute approximate surface area is 166 Å². The first-order valence-electron chi connectivity index (χ1n) is 8.39. The van der Waals surface area contributed by atoms with Crippen LogP contribution in [-0.4, -0.2) is 10.8 Å². The van der Waals surface area contributed by atoms with Gasteiger partial charge in [-0.3, -0.25) is 4.79 Å². The van der Waals surface area contributed by atoms with Crippen molar-refractivity contribution in [2.45, 2.75) is 0 Å². The van der Waals surface area contributed by atoms with Gasteiger partial charge in [-0.1, -0.05) is 83.6 Å². The molecule has 0 fully saturated rings. The van der Waals surface area contributed by atoms with Gasteiger partial charge in [0, 0.05) is 21.8 Å². The maximum Gasteiger partial charge on any atom is 0.205 e. The number of thiazole rings is 1. The van der Waals surface area contributed by atoms with Gasteiger partial charge in [-0.15, -0.1) is 0 Å². The second kappa shape index (κ2) is 7.74. The number of hydrogen-bond donors (Lipinski definition) is 1. The molecule has 5 heteroatoms. The first-order valence-corrected chi connectivity index (χ1v) is 9.59. The van der Waals surface area contributed by atoms with Crippen molar-refractivity contribution < 1.29 is 4.79 Å². The van der Waals surface area contributed by atoms with Crippen LogP contribution in [0, 0.1) is 0 Å². The van der Waals surface area contributed by atoms with Crippen molar-refractivity contribution in [1.29, 1.82) is 0 Å². The molecule has 0 amide bonds. The van der Waals surface area contributed by atoms with Gasteiger partial charge in [-0.2, -0.15) is 0 Å². The quantitative estimate of drug-likeness (QED) is 0.399. The Bertz CT molecular complexity index is 1060. The van der Waals surface area contributed by atoms with Crippen LogP contribution in [0.4, 0.5) is 10.8 Å². The smallest absolute Gasteiger partial charge is 0.205 e. The Kier molecular flexibility index (Phi) is 5.01. The normalized spacial score (nSPS) is 10.6. The summed E-state index contributed by atoms with van der Waals surface area (Å²) in [5, 5.41) is 4.60. The molecule has 1 heterocycles. The first-order chi connectivity index (χ1) is 13.2. The van der Waals surface area contributed by atoms with Gasteiger partial charge in [0.15, 0.2) is 5.13 Å². The molecule has 0 saturated heterocycles. The number of hydrogen-bond acceptors (Lipinski definition) is 4.